The molecule has 2 heteroatoms. The molecule has 0 aliphatic heterocycles. The average molecular weight is 571 g/mol. The van der Waals surface area contributed by atoms with Crippen molar-refractivity contribution in [1.82, 2.24) is 0 Å². The Morgan fingerprint density at radius 1 is 0.415 bits per heavy atom. The molecular formula is C39H58OSi. The first-order chi connectivity index (χ1) is 20.2. The quantitative estimate of drug-likeness (QED) is 0.0914. The van der Waals surface area contributed by atoms with Crippen LogP contribution in [0.2, 0.25) is 18.1 Å². The molecule has 0 radical (unpaired) electrons. The SMILES string of the molecule is CCCCCCOc1ccc(-c2ccc(-c3ccc([Si](CCCCC)(CCCCC)CCCCC)cc3)cc2)cc1. The highest BCUT2D eigenvalue weighted by atomic mass is 28.3. The molecule has 3 aromatic carbocycles. The van der Waals surface area contributed by atoms with Crippen LogP contribution in [0.15, 0.2) is 72.8 Å². The molecule has 0 bridgehead atoms. The fourth-order valence-corrected chi connectivity index (χ4v) is 11.6. The van der Waals surface area contributed by atoms with E-state index in [0.29, 0.717) is 0 Å². The summed E-state index contributed by atoms with van der Waals surface area (Å²) in [5.74, 6) is 0.973. The number of ether oxygens (including phenoxy) is 1. The van der Waals surface area contributed by atoms with Crippen molar-refractivity contribution < 1.29 is 4.74 Å². The first-order valence-electron chi connectivity index (χ1n) is 17.1. The van der Waals surface area contributed by atoms with Crippen molar-refractivity contribution in [2.24, 2.45) is 0 Å². The number of benzene rings is 3. The van der Waals surface area contributed by atoms with Crippen molar-refractivity contribution >= 4 is 13.3 Å². The summed E-state index contributed by atoms with van der Waals surface area (Å²) in [6.45, 7) is 10.1. The van der Waals surface area contributed by atoms with E-state index in [2.05, 4.69) is 100 Å². The minimum Gasteiger partial charge on any atom is -0.494 e. The van der Waals surface area contributed by atoms with Crippen LogP contribution in [0.4, 0.5) is 0 Å². The van der Waals surface area contributed by atoms with Crippen LogP contribution in [0.3, 0.4) is 0 Å². The van der Waals surface area contributed by atoms with Crippen molar-refractivity contribution in [3.63, 3.8) is 0 Å². The van der Waals surface area contributed by atoms with Gasteiger partial charge in [0.05, 0.1) is 14.7 Å². The monoisotopic (exact) mass is 570 g/mol. The van der Waals surface area contributed by atoms with Gasteiger partial charge in [0.2, 0.25) is 0 Å². The summed E-state index contributed by atoms with van der Waals surface area (Å²) in [5, 5.41) is 1.72. The third kappa shape index (κ3) is 10.8. The van der Waals surface area contributed by atoms with Gasteiger partial charge >= 0.3 is 0 Å². The predicted octanol–water partition coefficient (Wildman–Crippen LogP) is 12.2. The fraction of sp³-hybridized carbons (Fsp3) is 0.538. The van der Waals surface area contributed by atoms with Crippen molar-refractivity contribution in [2.45, 2.75) is 129 Å². The van der Waals surface area contributed by atoms with Crippen LogP contribution in [0.25, 0.3) is 22.3 Å². The second-order valence-corrected chi connectivity index (χ2v) is 16.9. The topological polar surface area (TPSA) is 9.23 Å². The summed E-state index contributed by atoms with van der Waals surface area (Å²) < 4.78 is 5.94. The van der Waals surface area contributed by atoms with E-state index in [1.807, 2.05) is 0 Å². The summed E-state index contributed by atoms with van der Waals surface area (Å²) >= 11 is 0. The van der Waals surface area contributed by atoms with Gasteiger partial charge in [-0.2, -0.15) is 0 Å². The Bertz CT molecular complexity index is 1040. The van der Waals surface area contributed by atoms with Gasteiger partial charge in [-0.15, -0.1) is 0 Å². The Balaban J connectivity index is 1.71. The van der Waals surface area contributed by atoms with E-state index in [0.717, 1.165) is 18.8 Å². The highest BCUT2D eigenvalue weighted by Crippen LogP contribution is 2.31. The lowest BCUT2D eigenvalue weighted by atomic mass is 10.0. The van der Waals surface area contributed by atoms with Gasteiger partial charge in [0.1, 0.15) is 5.75 Å². The van der Waals surface area contributed by atoms with Crippen LogP contribution in [-0.2, 0) is 0 Å². The molecule has 0 aromatic heterocycles. The van der Waals surface area contributed by atoms with E-state index >= 15 is 0 Å². The Morgan fingerprint density at radius 3 is 1.20 bits per heavy atom. The second-order valence-electron chi connectivity index (χ2n) is 12.2. The molecule has 0 saturated carbocycles. The van der Waals surface area contributed by atoms with E-state index in [4.69, 9.17) is 4.74 Å². The molecule has 3 rings (SSSR count). The molecule has 0 heterocycles. The number of rotatable bonds is 21. The van der Waals surface area contributed by atoms with Crippen LogP contribution >= 0.6 is 0 Å². The molecule has 0 spiro atoms. The zero-order chi connectivity index (χ0) is 29.2. The van der Waals surface area contributed by atoms with Crippen LogP contribution in [0.5, 0.6) is 5.75 Å². The van der Waals surface area contributed by atoms with Crippen LogP contribution in [-0.4, -0.2) is 14.7 Å². The summed E-state index contributed by atoms with van der Waals surface area (Å²) in [4.78, 5) is 0. The van der Waals surface area contributed by atoms with E-state index in [-0.39, 0.29) is 0 Å². The molecule has 0 amide bonds. The molecule has 0 atom stereocenters. The smallest absolute Gasteiger partial charge is 0.119 e. The summed E-state index contributed by atoms with van der Waals surface area (Å²) in [7, 11) is -1.49. The third-order valence-corrected chi connectivity index (χ3v) is 14.4. The largest absolute Gasteiger partial charge is 0.494 e. The van der Waals surface area contributed by atoms with Gasteiger partial charge in [-0.05, 0) is 40.8 Å². The van der Waals surface area contributed by atoms with Gasteiger partial charge in [0, 0.05) is 0 Å². The molecule has 0 saturated heterocycles. The van der Waals surface area contributed by atoms with Gasteiger partial charge in [-0.25, -0.2) is 0 Å². The molecule has 0 aliphatic rings. The van der Waals surface area contributed by atoms with Gasteiger partial charge in [-0.1, -0.05) is 189 Å². The Hall–Kier alpha value is -2.32. The molecule has 0 aliphatic carbocycles. The maximum atomic E-state index is 5.94. The highest BCUT2D eigenvalue weighted by molar-refractivity contribution is 6.91. The van der Waals surface area contributed by atoms with Gasteiger partial charge in [-0.3, -0.25) is 0 Å². The summed E-state index contributed by atoms with van der Waals surface area (Å²) in [6.07, 6.45) is 17.3. The molecule has 1 nitrogen and oxygen atoms in total. The van der Waals surface area contributed by atoms with Crippen molar-refractivity contribution in [3.8, 4) is 28.0 Å². The van der Waals surface area contributed by atoms with Crippen LogP contribution in [0, 0.1) is 0 Å². The normalized spacial score (nSPS) is 11.6. The molecular weight excluding hydrogens is 513 g/mol. The summed E-state index contributed by atoms with van der Waals surface area (Å²) in [6, 6.07) is 32.0. The zero-order valence-electron chi connectivity index (χ0n) is 26.9. The van der Waals surface area contributed by atoms with Gasteiger partial charge < -0.3 is 4.74 Å². The van der Waals surface area contributed by atoms with E-state index < -0.39 is 8.07 Å². The maximum Gasteiger partial charge on any atom is 0.119 e. The lowest BCUT2D eigenvalue weighted by Crippen LogP contribution is -2.47. The minimum atomic E-state index is -1.49. The molecule has 0 fully saturated rings. The first-order valence-corrected chi connectivity index (χ1v) is 19.7. The molecule has 0 N–H and O–H groups in total. The van der Waals surface area contributed by atoms with E-state index in [9.17, 15) is 0 Å². The second kappa shape index (κ2) is 19.0. The van der Waals surface area contributed by atoms with E-state index in [1.165, 1.54) is 117 Å². The van der Waals surface area contributed by atoms with Crippen LogP contribution < -0.4 is 9.92 Å². The molecule has 0 unspecified atom stereocenters. The molecule has 41 heavy (non-hydrogen) atoms. The predicted molar refractivity (Wildman–Crippen MR) is 185 cm³/mol. The van der Waals surface area contributed by atoms with E-state index in [1.54, 1.807) is 5.19 Å². The number of hydrogen-bond acceptors (Lipinski definition) is 1. The van der Waals surface area contributed by atoms with Crippen LogP contribution in [0.1, 0.15) is 111 Å². The maximum absolute atomic E-state index is 5.94. The molecule has 224 valence electrons. The summed E-state index contributed by atoms with van der Waals surface area (Å²) in [5.41, 5.74) is 5.15. The fourth-order valence-electron chi connectivity index (χ4n) is 6.28. The Kier molecular flexibility index (Phi) is 15.4. The lowest BCUT2D eigenvalue weighted by molar-refractivity contribution is 0.305. The van der Waals surface area contributed by atoms with Gasteiger partial charge in [0.25, 0.3) is 0 Å². The average Bonchev–Trinajstić information content (AvgIpc) is 3.01. The highest BCUT2D eigenvalue weighted by Gasteiger charge is 2.33. The standard InChI is InChI=1S/C39H58OSi/c1-5-9-13-14-30-40-38-26-22-36(23-27-38)34-18-20-35(21-19-34)37-24-28-39(29-25-37)41(31-15-10-6-2,32-16-11-7-3)33-17-12-8-4/h18-29H,5-17,30-33H2,1-4H3. The number of hydrogen-bond donors (Lipinski definition) is 0. The van der Waals surface area contributed by atoms with Crippen molar-refractivity contribution in [3.05, 3.63) is 72.8 Å². The van der Waals surface area contributed by atoms with Crippen molar-refractivity contribution in [1.29, 1.82) is 0 Å². The minimum absolute atomic E-state index is 0.812. The molecule has 3 aromatic rings. The first kappa shape index (κ1) is 33.2. The zero-order valence-corrected chi connectivity index (χ0v) is 27.9. The van der Waals surface area contributed by atoms with Gasteiger partial charge in [0.15, 0.2) is 0 Å². The number of unbranched alkanes of at least 4 members (excludes halogenated alkanes) is 9. The Labute approximate surface area is 254 Å². The Morgan fingerprint density at radius 2 is 0.780 bits per heavy atom. The van der Waals surface area contributed by atoms with Crippen molar-refractivity contribution in [2.75, 3.05) is 6.61 Å². The third-order valence-electron chi connectivity index (χ3n) is 8.95. The lowest BCUT2D eigenvalue weighted by Gasteiger charge is -2.33.